The summed E-state index contributed by atoms with van der Waals surface area (Å²) in [6, 6.07) is 0. The Morgan fingerprint density at radius 3 is 1.31 bits per heavy atom. The normalized spacial score (nSPS) is 19.1. The Balaban J connectivity index is 0.000000720. The maximum Gasteiger partial charge on any atom is 2.00 e. The molecule has 0 fully saturated rings. The number of hydrogen-bond donors (Lipinski definition) is 0. The Kier molecular flexibility index (Phi) is 7.01. The van der Waals surface area contributed by atoms with Gasteiger partial charge in [-0.05, 0) is 0 Å². The minimum atomic E-state index is 0. The molecule has 0 radical (unpaired) electrons. The smallest absolute Gasteiger partial charge is 1.00 e. The van der Waals surface area contributed by atoms with Gasteiger partial charge in [-0.2, -0.15) is 0 Å². The molecule has 0 aromatic carbocycles. The van der Waals surface area contributed by atoms with Gasteiger partial charge in [0.05, 0.1) is 0 Å². The van der Waals surface area contributed by atoms with Crippen molar-refractivity contribution in [2.45, 2.75) is 0 Å². The van der Waals surface area contributed by atoms with E-state index in [-0.39, 0.29) is 45.7 Å². The molecule has 0 nitrogen and oxygen atoms in total. The Bertz CT molecular complexity index is 201. The molecule has 0 bridgehead atoms. The van der Waals surface area contributed by atoms with Crippen LogP contribution in [0.25, 0.3) is 0 Å². The molecule has 0 N–H and O–H groups in total. The predicted molar refractivity (Wildman–Crippen MR) is 47.8 cm³/mol. The Labute approximate surface area is 112 Å². The van der Waals surface area contributed by atoms with Crippen molar-refractivity contribution in [1.82, 2.24) is 0 Å². The third-order valence-electron chi connectivity index (χ3n) is 2.00. The van der Waals surface area contributed by atoms with Gasteiger partial charge in [-0.15, -0.1) is 36.1 Å². The quantitative estimate of drug-likeness (QED) is 0.372. The van der Waals surface area contributed by atoms with Crippen LogP contribution in [0.2, 0.25) is 0 Å². The van der Waals surface area contributed by atoms with Crippen LogP contribution in [0, 0.1) is 18.3 Å². The second kappa shape index (κ2) is 6.80. The van der Waals surface area contributed by atoms with E-state index in [1.807, 2.05) is 0 Å². The summed E-state index contributed by atoms with van der Waals surface area (Å²) in [5.41, 5.74) is 0. The summed E-state index contributed by atoms with van der Waals surface area (Å²) < 4.78 is 0. The van der Waals surface area contributed by atoms with Crippen molar-refractivity contribution in [3.8, 4) is 0 Å². The Morgan fingerprint density at radius 2 is 1.00 bits per heavy atom. The first kappa shape index (κ1) is 13.4. The van der Waals surface area contributed by atoms with Crippen molar-refractivity contribution in [3.63, 3.8) is 0 Å². The van der Waals surface area contributed by atoms with Gasteiger partial charge in [0, 0.05) is 0 Å². The van der Waals surface area contributed by atoms with Crippen LogP contribution in [-0.2, 0) is 21.7 Å². The summed E-state index contributed by atoms with van der Waals surface area (Å²) in [5.74, 6) is 1.10. The molecule has 0 saturated heterocycles. The molecule has 0 amide bonds. The second-order valence-electron chi connectivity index (χ2n) is 2.89. The van der Waals surface area contributed by atoms with E-state index in [4.69, 9.17) is 0 Å². The van der Waals surface area contributed by atoms with Crippen molar-refractivity contribution in [1.29, 1.82) is 0 Å². The largest absolute Gasteiger partial charge is 2.00 e. The molecule has 2 heteroatoms. The molecule has 13 heavy (non-hydrogen) atoms. The van der Waals surface area contributed by atoms with E-state index in [1.54, 1.807) is 0 Å². The third kappa shape index (κ3) is 3.96. The van der Waals surface area contributed by atoms with Crippen LogP contribution in [0.3, 0.4) is 0 Å². The zero-order valence-electron chi connectivity index (χ0n) is 7.23. The van der Waals surface area contributed by atoms with E-state index in [2.05, 4.69) is 55.0 Å². The summed E-state index contributed by atoms with van der Waals surface area (Å²) >= 11 is 0. The molecule has 0 aliphatic heterocycles. The van der Waals surface area contributed by atoms with Crippen molar-refractivity contribution >= 4 is 0 Å². The average Bonchev–Trinajstić information content (AvgIpc) is 2.60. The van der Waals surface area contributed by atoms with Crippen molar-refractivity contribution in [2.24, 2.45) is 11.8 Å². The maximum atomic E-state index is 2.33. The third-order valence-corrected chi connectivity index (χ3v) is 2.00. The number of allylic oxidation sites excluding steroid dienone is 8. The summed E-state index contributed by atoms with van der Waals surface area (Å²) in [6.07, 6.45) is 19.6. The van der Waals surface area contributed by atoms with Crippen LogP contribution < -0.4 is 24.0 Å². The van der Waals surface area contributed by atoms with Crippen molar-refractivity contribution < 1.29 is 45.7 Å². The number of rotatable bonds is 2. The van der Waals surface area contributed by atoms with Crippen LogP contribution in [0.4, 0.5) is 0 Å². The SMILES string of the molecule is C1=CC([CH-]C2C=CC=C2)C=C1.[I-].[Ti+2]. The first-order chi connectivity index (χ1) is 5.45. The van der Waals surface area contributed by atoms with Crippen LogP contribution in [0.1, 0.15) is 0 Å². The minimum Gasteiger partial charge on any atom is -1.00 e. The van der Waals surface area contributed by atoms with Crippen molar-refractivity contribution in [2.75, 3.05) is 0 Å². The minimum absolute atomic E-state index is 0. The summed E-state index contributed by atoms with van der Waals surface area (Å²) in [5, 5.41) is 0. The van der Waals surface area contributed by atoms with E-state index in [9.17, 15) is 0 Å². The van der Waals surface area contributed by atoms with E-state index >= 15 is 0 Å². The molecular weight excluding hydrogens is 307 g/mol. The van der Waals surface area contributed by atoms with Gasteiger partial charge < -0.3 is 30.4 Å². The molecular formula is C11H11ITi. The van der Waals surface area contributed by atoms with Gasteiger partial charge in [-0.3, -0.25) is 0 Å². The molecule has 2 rings (SSSR count). The van der Waals surface area contributed by atoms with E-state index in [0.29, 0.717) is 11.8 Å². The molecule has 0 spiro atoms. The Morgan fingerprint density at radius 1 is 0.692 bits per heavy atom. The molecule has 0 unspecified atom stereocenters. The molecule has 0 aromatic rings. The predicted octanol–water partition coefficient (Wildman–Crippen LogP) is -0.323. The summed E-state index contributed by atoms with van der Waals surface area (Å²) in [4.78, 5) is 0. The molecule has 2 aliphatic rings. The molecule has 2 aliphatic carbocycles. The van der Waals surface area contributed by atoms with Crippen LogP contribution in [0.15, 0.2) is 48.6 Å². The van der Waals surface area contributed by atoms with E-state index in [1.165, 1.54) is 0 Å². The molecule has 0 saturated carbocycles. The monoisotopic (exact) mass is 318 g/mol. The summed E-state index contributed by atoms with van der Waals surface area (Å²) in [7, 11) is 0. The fourth-order valence-corrected chi connectivity index (χ4v) is 1.41. The first-order valence-corrected chi connectivity index (χ1v) is 4.00. The first-order valence-electron chi connectivity index (χ1n) is 4.00. The standard InChI is InChI=1S/C11H11.HI.Ti/c1-2-6-10(5-1)9-11-7-3-4-8-11;;/h1-11H;1H;/q-1;;+2/p-1. The van der Waals surface area contributed by atoms with Gasteiger partial charge in [0.25, 0.3) is 0 Å². The fourth-order valence-electron chi connectivity index (χ4n) is 1.41. The number of hydrogen-bond acceptors (Lipinski definition) is 0. The zero-order valence-corrected chi connectivity index (χ0v) is 10.9. The van der Waals surface area contributed by atoms with Gasteiger partial charge >= 0.3 is 21.7 Å². The van der Waals surface area contributed by atoms with Gasteiger partial charge in [0.1, 0.15) is 0 Å². The topological polar surface area (TPSA) is 0 Å². The Hall–Kier alpha value is 0.404. The maximum absolute atomic E-state index is 2.33. The van der Waals surface area contributed by atoms with Gasteiger partial charge in [0.2, 0.25) is 0 Å². The fraction of sp³-hybridized carbons (Fsp3) is 0.182. The van der Waals surface area contributed by atoms with Crippen LogP contribution in [0.5, 0.6) is 0 Å². The van der Waals surface area contributed by atoms with E-state index < -0.39 is 0 Å². The molecule has 66 valence electrons. The molecule has 0 heterocycles. The van der Waals surface area contributed by atoms with E-state index in [0.717, 1.165) is 0 Å². The number of halogens is 1. The molecule has 0 atom stereocenters. The van der Waals surface area contributed by atoms with Crippen molar-refractivity contribution in [3.05, 3.63) is 55.0 Å². The van der Waals surface area contributed by atoms with Gasteiger partial charge in [-0.25, -0.2) is 0 Å². The van der Waals surface area contributed by atoms with Crippen LogP contribution in [-0.4, -0.2) is 0 Å². The van der Waals surface area contributed by atoms with Gasteiger partial charge in [0.15, 0.2) is 0 Å². The second-order valence-corrected chi connectivity index (χ2v) is 2.89. The molecule has 0 aromatic heterocycles. The summed E-state index contributed by atoms with van der Waals surface area (Å²) in [6.45, 7) is 0. The van der Waals surface area contributed by atoms with Crippen LogP contribution >= 0.6 is 0 Å². The zero-order chi connectivity index (χ0) is 7.52. The average molecular weight is 318 g/mol. The van der Waals surface area contributed by atoms with Gasteiger partial charge in [-0.1, -0.05) is 24.3 Å².